The molecule has 0 heterocycles. The van der Waals surface area contributed by atoms with Gasteiger partial charge in [-0.15, -0.1) is 0 Å². The van der Waals surface area contributed by atoms with Gasteiger partial charge in [0, 0.05) is 12.8 Å². The van der Waals surface area contributed by atoms with Gasteiger partial charge in [0.25, 0.3) is 0 Å². The Morgan fingerprint density at radius 1 is 0.500 bits per heavy atom. The number of hydrogen-bond donors (Lipinski definition) is 0. The zero-order chi connectivity index (χ0) is 15.3. The average molecular weight is 276 g/mol. The highest BCUT2D eigenvalue weighted by Gasteiger charge is 1.72. The van der Waals surface area contributed by atoms with Crippen LogP contribution in [-0.2, 0) is 9.59 Å². The van der Waals surface area contributed by atoms with Crippen molar-refractivity contribution in [3.8, 4) is 0 Å². The van der Waals surface area contributed by atoms with Gasteiger partial charge in [-0.1, -0.05) is 62.5 Å². The lowest BCUT2D eigenvalue weighted by Gasteiger charge is -1.79. The van der Waals surface area contributed by atoms with Crippen molar-refractivity contribution in [2.45, 2.75) is 52.4 Å². The van der Waals surface area contributed by atoms with E-state index in [0.29, 0.717) is 12.8 Å². The molecule has 0 bridgehead atoms. The maximum Gasteiger partial charge on any atom is 0.123 e. The molecule has 112 valence electrons. The molecule has 0 N–H and O–H groups in total. The zero-order valence-electron chi connectivity index (χ0n) is 12.8. The third-order valence-corrected chi connectivity index (χ3v) is 2.15. The number of carbonyl (C=O) groups excluding carboxylic acids is 2. The molecule has 0 spiro atoms. The van der Waals surface area contributed by atoms with Gasteiger partial charge >= 0.3 is 0 Å². The normalized spacial score (nSPS) is 11.3. The number of rotatable bonds is 10. The van der Waals surface area contributed by atoms with E-state index in [9.17, 15) is 9.59 Å². The van der Waals surface area contributed by atoms with Crippen LogP contribution in [0.3, 0.4) is 0 Å². The lowest BCUT2D eigenvalue weighted by Crippen LogP contribution is -1.65. The predicted octanol–water partition coefficient (Wildman–Crippen LogP) is 4.98. The smallest absolute Gasteiger partial charge is 0.123 e. The Bertz CT molecular complexity index is 277. The summed E-state index contributed by atoms with van der Waals surface area (Å²) in [6.07, 6.45) is 23.1. The zero-order valence-corrected chi connectivity index (χ0v) is 12.8. The van der Waals surface area contributed by atoms with Crippen LogP contribution in [-0.4, -0.2) is 12.6 Å². The van der Waals surface area contributed by atoms with Crippen LogP contribution in [0.1, 0.15) is 52.4 Å². The van der Waals surface area contributed by atoms with Crippen molar-refractivity contribution in [2.24, 2.45) is 0 Å². The van der Waals surface area contributed by atoms with Crippen molar-refractivity contribution in [2.75, 3.05) is 0 Å². The fourth-order valence-electron chi connectivity index (χ4n) is 1.18. The Labute approximate surface area is 124 Å². The molecule has 0 aromatic heterocycles. The molecule has 0 aliphatic carbocycles. The first kappa shape index (κ1) is 20.6. The van der Waals surface area contributed by atoms with Crippen LogP contribution in [0.15, 0.2) is 48.6 Å². The fourth-order valence-corrected chi connectivity index (χ4v) is 1.18. The molecule has 0 fully saturated rings. The average Bonchev–Trinajstić information content (AvgIpc) is 2.47. The lowest BCUT2D eigenvalue weighted by molar-refractivity contribution is -0.107. The Kier molecular flexibility index (Phi) is 23.2. The molecule has 0 radical (unpaired) electrons. The van der Waals surface area contributed by atoms with Crippen LogP contribution in [0.5, 0.6) is 0 Å². The molecule has 0 unspecified atom stereocenters. The summed E-state index contributed by atoms with van der Waals surface area (Å²) < 4.78 is 0. The van der Waals surface area contributed by atoms with E-state index in [-0.39, 0.29) is 0 Å². The molecule has 0 amide bonds. The van der Waals surface area contributed by atoms with E-state index in [0.717, 1.165) is 38.3 Å². The van der Waals surface area contributed by atoms with Crippen LogP contribution < -0.4 is 0 Å². The molecule has 0 aromatic rings. The molecule has 0 aromatic carbocycles. The van der Waals surface area contributed by atoms with Crippen molar-refractivity contribution < 1.29 is 9.59 Å². The minimum atomic E-state index is 0.542. The van der Waals surface area contributed by atoms with Gasteiger partial charge in [0.2, 0.25) is 0 Å². The first-order chi connectivity index (χ1) is 9.83. The summed E-state index contributed by atoms with van der Waals surface area (Å²) in [6.45, 7) is 4.21. The van der Waals surface area contributed by atoms with Gasteiger partial charge in [0.05, 0.1) is 0 Å². The van der Waals surface area contributed by atoms with Gasteiger partial charge in [-0.25, -0.2) is 0 Å². The third-order valence-electron chi connectivity index (χ3n) is 2.15. The number of aldehydes is 2. The lowest BCUT2D eigenvalue weighted by atomic mass is 10.3. The van der Waals surface area contributed by atoms with Crippen LogP contribution in [0.25, 0.3) is 0 Å². The first-order valence-corrected chi connectivity index (χ1v) is 7.30. The van der Waals surface area contributed by atoms with Gasteiger partial charge in [-0.3, -0.25) is 0 Å². The Morgan fingerprint density at radius 2 is 0.800 bits per heavy atom. The number of carbonyl (C=O) groups is 2. The highest BCUT2D eigenvalue weighted by atomic mass is 16.1. The Morgan fingerprint density at radius 3 is 1.10 bits per heavy atom. The van der Waals surface area contributed by atoms with Crippen molar-refractivity contribution in [1.29, 1.82) is 0 Å². The molecule has 2 nitrogen and oxygen atoms in total. The van der Waals surface area contributed by atoms with Crippen LogP contribution in [0.4, 0.5) is 0 Å². The summed E-state index contributed by atoms with van der Waals surface area (Å²) in [6, 6.07) is 0. The van der Waals surface area contributed by atoms with E-state index in [1.807, 2.05) is 24.3 Å². The first-order valence-electron chi connectivity index (χ1n) is 7.30. The molecule has 2 heteroatoms. The quantitative estimate of drug-likeness (QED) is 0.417. The van der Waals surface area contributed by atoms with Gasteiger partial charge in [-0.05, 0) is 25.7 Å². The summed E-state index contributed by atoms with van der Waals surface area (Å²) in [5.74, 6) is 0. The van der Waals surface area contributed by atoms with Crippen molar-refractivity contribution in [3.63, 3.8) is 0 Å². The molecule has 0 saturated heterocycles. The molecule has 0 aliphatic heterocycles. The second kappa shape index (κ2) is 22.5. The molecule has 0 aliphatic rings. The third kappa shape index (κ3) is 25.2. The van der Waals surface area contributed by atoms with E-state index < -0.39 is 0 Å². The van der Waals surface area contributed by atoms with Crippen molar-refractivity contribution >= 4 is 12.6 Å². The summed E-state index contributed by atoms with van der Waals surface area (Å²) >= 11 is 0. The van der Waals surface area contributed by atoms with E-state index >= 15 is 0 Å². The van der Waals surface area contributed by atoms with E-state index in [1.54, 1.807) is 0 Å². The molecular weight excluding hydrogens is 248 g/mol. The number of hydrogen-bond acceptors (Lipinski definition) is 2. The minimum Gasteiger partial charge on any atom is -0.303 e. The monoisotopic (exact) mass is 276 g/mol. The molecule has 0 rings (SSSR count). The highest BCUT2D eigenvalue weighted by Crippen LogP contribution is 1.89. The second-order valence-corrected chi connectivity index (χ2v) is 3.98. The van der Waals surface area contributed by atoms with Gasteiger partial charge < -0.3 is 9.59 Å². The van der Waals surface area contributed by atoms with E-state index in [2.05, 4.69) is 38.2 Å². The second-order valence-electron chi connectivity index (χ2n) is 3.98. The molecule has 0 atom stereocenters. The van der Waals surface area contributed by atoms with Gasteiger partial charge in [0.15, 0.2) is 0 Å². The highest BCUT2D eigenvalue weighted by molar-refractivity contribution is 5.52. The largest absolute Gasteiger partial charge is 0.303 e. The van der Waals surface area contributed by atoms with Crippen LogP contribution in [0, 0.1) is 0 Å². The molecule has 20 heavy (non-hydrogen) atoms. The molecule has 0 saturated carbocycles. The van der Waals surface area contributed by atoms with E-state index in [4.69, 9.17) is 0 Å². The maximum absolute atomic E-state index is 9.82. The Balaban J connectivity index is 0. The van der Waals surface area contributed by atoms with Crippen molar-refractivity contribution in [1.82, 2.24) is 0 Å². The molecular formula is C18H28O2. The summed E-state index contributed by atoms with van der Waals surface area (Å²) in [4.78, 5) is 19.6. The minimum absolute atomic E-state index is 0.542. The van der Waals surface area contributed by atoms with E-state index in [1.165, 1.54) is 0 Å². The predicted molar refractivity (Wildman–Crippen MR) is 87.7 cm³/mol. The summed E-state index contributed by atoms with van der Waals surface area (Å²) in [5, 5.41) is 0. The van der Waals surface area contributed by atoms with Crippen LogP contribution in [0.2, 0.25) is 0 Å². The SMILES string of the molecule is CC/C=C\C/C=C\CC=O.CC/C=C\C/C=C\CC=O. The number of allylic oxidation sites excluding steroid dienone is 8. The summed E-state index contributed by atoms with van der Waals surface area (Å²) in [7, 11) is 0. The van der Waals surface area contributed by atoms with Crippen LogP contribution >= 0.6 is 0 Å². The Hall–Kier alpha value is -1.70. The van der Waals surface area contributed by atoms with Crippen molar-refractivity contribution in [3.05, 3.63) is 48.6 Å². The summed E-state index contributed by atoms with van der Waals surface area (Å²) in [5.41, 5.74) is 0. The topological polar surface area (TPSA) is 34.1 Å². The van der Waals surface area contributed by atoms with Gasteiger partial charge in [-0.2, -0.15) is 0 Å². The fraction of sp³-hybridized carbons (Fsp3) is 0.444. The maximum atomic E-state index is 9.82. The standard InChI is InChI=1S/2C9H14O/c2*1-2-3-4-5-6-7-8-9-10/h2*3-4,6-7,9H,2,5,8H2,1H3/b2*4-3-,7-6-. The van der Waals surface area contributed by atoms with Gasteiger partial charge in [0.1, 0.15) is 12.6 Å².